The van der Waals surface area contributed by atoms with Crippen molar-refractivity contribution >= 4 is 11.9 Å². The number of carboxylic acid groups (broad SMARTS) is 1. The van der Waals surface area contributed by atoms with Gasteiger partial charge in [-0.2, -0.15) is 0 Å². The van der Waals surface area contributed by atoms with Gasteiger partial charge in [0.25, 0.3) is 0 Å². The third-order valence-corrected chi connectivity index (χ3v) is 5.05. The molecule has 0 aliphatic carbocycles. The number of rotatable bonds is 4. The Morgan fingerprint density at radius 1 is 1.32 bits per heavy atom. The first-order valence-electron chi connectivity index (χ1n) is 7.11. The van der Waals surface area contributed by atoms with E-state index in [9.17, 15) is 14.7 Å². The lowest BCUT2D eigenvalue weighted by Gasteiger charge is -2.34. The molecule has 0 spiro atoms. The normalized spacial score (nSPS) is 29.4. The molecule has 2 saturated heterocycles. The molecule has 2 rings (SSSR count). The van der Waals surface area contributed by atoms with Gasteiger partial charge in [-0.25, -0.2) is 0 Å². The molecule has 2 fully saturated rings. The van der Waals surface area contributed by atoms with Crippen LogP contribution in [-0.2, 0) is 9.59 Å². The topological polar surface area (TPSA) is 69.6 Å². The van der Waals surface area contributed by atoms with Gasteiger partial charge in [-0.15, -0.1) is 0 Å². The average Bonchev–Trinajstić information content (AvgIpc) is 2.71. The van der Waals surface area contributed by atoms with Crippen LogP contribution >= 0.6 is 0 Å². The van der Waals surface area contributed by atoms with Crippen molar-refractivity contribution in [1.29, 1.82) is 0 Å². The van der Waals surface area contributed by atoms with Crippen LogP contribution in [0.25, 0.3) is 0 Å². The maximum Gasteiger partial charge on any atom is 0.311 e. The molecule has 2 unspecified atom stereocenters. The molecule has 0 radical (unpaired) electrons. The summed E-state index contributed by atoms with van der Waals surface area (Å²) in [4.78, 5) is 25.7. The number of amides is 1. The van der Waals surface area contributed by atoms with E-state index in [1.54, 1.807) is 4.90 Å². The van der Waals surface area contributed by atoms with Crippen molar-refractivity contribution < 1.29 is 14.7 Å². The quantitative estimate of drug-likeness (QED) is 0.791. The summed E-state index contributed by atoms with van der Waals surface area (Å²) < 4.78 is 0. The maximum atomic E-state index is 12.4. The number of carbonyl (C=O) groups is 2. The second-order valence-corrected chi connectivity index (χ2v) is 6.33. The van der Waals surface area contributed by atoms with E-state index in [0.717, 1.165) is 13.1 Å². The van der Waals surface area contributed by atoms with E-state index in [-0.39, 0.29) is 17.7 Å². The number of likely N-dealkylation sites (tertiary alicyclic amines) is 1. The van der Waals surface area contributed by atoms with Crippen LogP contribution < -0.4 is 5.32 Å². The van der Waals surface area contributed by atoms with Gasteiger partial charge in [0, 0.05) is 19.0 Å². The van der Waals surface area contributed by atoms with E-state index in [0.29, 0.717) is 25.4 Å². The summed E-state index contributed by atoms with van der Waals surface area (Å²) in [5.74, 6) is -0.195. The predicted molar refractivity (Wildman–Crippen MR) is 71.6 cm³/mol. The average molecular weight is 268 g/mol. The number of hydrogen-bond donors (Lipinski definition) is 2. The number of carbonyl (C=O) groups excluding carboxylic acids is 1. The standard InChI is InChI=1S/C14H24N2O3/c1-9(2)14(13(18)19)4-5-16(8-14)12(17)10(3)11-6-15-7-11/h9-11,15H,4-8H2,1-3H3,(H,18,19). The van der Waals surface area contributed by atoms with Gasteiger partial charge in [0.05, 0.1) is 5.41 Å². The molecular formula is C14H24N2O3. The molecule has 5 nitrogen and oxygen atoms in total. The molecule has 0 aromatic heterocycles. The first-order valence-corrected chi connectivity index (χ1v) is 7.11. The van der Waals surface area contributed by atoms with Crippen LogP contribution in [0.5, 0.6) is 0 Å². The van der Waals surface area contributed by atoms with Crippen molar-refractivity contribution in [2.45, 2.75) is 27.2 Å². The van der Waals surface area contributed by atoms with Crippen LogP contribution in [0.15, 0.2) is 0 Å². The monoisotopic (exact) mass is 268 g/mol. The van der Waals surface area contributed by atoms with Gasteiger partial charge in [-0.1, -0.05) is 20.8 Å². The van der Waals surface area contributed by atoms with Gasteiger partial charge in [-0.05, 0) is 31.3 Å². The van der Waals surface area contributed by atoms with E-state index in [4.69, 9.17) is 0 Å². The highest BCUT2D eigenvalue weighted by atomic mass is 16.4. The van der Waals surface area contributed by atoms with E-state index >= 15 is 0 Å². The summed E-state index contributed by atoms with van der Waals surface area (Å²) in [5, 5.41) is 12.7. The van der Waals surface area contributed by atoms with Crippen molar-refractivity contribution in [2.24, 2.45) is 23.2 Å². The minimum Gasteiger partial charge on any atom is -0.481 e. The second kappa shape index (κ2) is 5.12. The summed E-state index contributed by atoms with van der Waals surface area (Å²) in [6, 6.07) is 0. The summed E-state index contributed by atoms with van der Waals surface area (Å²) in [6.45, 7) is 8.56. The van der Waals surface area contributed by atoms with Crippen LogP contribution in [0.1, 0.15) is 27.2 Å². The van der Waals surface area contributed by atoms with Crippen LogP contribution in [0, 0.1) is 23.2 Å². The molecule has 5 heteroatoms. The maximum absolute atomic E-state index is 12.4. The molecule has 0 aromatic rings. The lowest BCUT2D eigenvalue weighted by atomic mass is 9.76. The van der Waals surface area contributed by atoms with Crippen molar-refractivity contribution in [3.8, 4) is 0 Å². The summed E-state index contributed by atoms with van der Waals surface area (Å²) >= 11 is 0. The van der Waals surface area contributed by atoms with Crippen LogP contribution in [0.4, 0.5) is 0 Å². The summed E-state index contributed by atoms with van der Waals surface area (Å²) in [6.07, 6.45) is 0.571. The third-order valence-electron chi connectivity index (χ3n) is 5.05. The number of nitrogens with zero attached hydrogens (tertiary/aromatic N) is 1. The fourth-order valence-corrected chi connectivity index (χ4v) is 3.07. The van der Waals surface area contributed by atoms with Crippen molar-refractivity contribution in [1.82, 2.24) is 10.2 Å². The zero-order valence-electron chi connectivity index (χ0n) is 12.0. The number of hydrogen-bond acceptors (Lipinski definition) is 3. The van der Waals surface area contributed by atoms with Gasteiger partial charge in [0.15, 0.2) is 0 Å². The Labute approximate surface area is 114 Å². The van der Waals surface area contributed by atoms with Crippen molar-refractivity contribution in [2.75, 3.05) is 26.2 Å². The first-order chi connectivity index (χ1) is 8.88. The molecule has 0 saturated carbocycles. The Balaban J connectivity index is 2.04. The Bertz CT molecular complexity index is 379. The molecule has 0 aromatic carbocycles. The smallest absolute Gasteiger partial charge is 0.311 e. The highest BCUT2D eigenvalue weighted by molar-refractivity contribution is 5.82. The van der Waals surface area contributed by atoms with Crippen LogP contribution in [0.3, 0.4) is 0 Å². The molecule has 108 valence electrons. The molecular weight excluding hydrogens is 244 g/mol. The Hall–Kier alpha value is -1.10. The van der Waals surface area contributed by atoms with Crippen LogP contribution in [-0.4, -0.2) is 48.1 Å². The number of aliphatic carboxylic acids is 1. The third kappa shape index (κ3) is 2.36. The molecule has 2 atom stereocenters. The molecule has 2 heterocycles. The molecule has 2 N–H and O–H groups in total. The zero-order chi connectivity index (χ0) is 14.2. The fourth-order valence-electron chi connectivity index (χ4n) is 3.07. The Morgan fingerprint density at radius 3 is 2.32 bits per heavy atom. The van der Waals surface area contributed by atoms with E-state index < -0.39 is 11.4 Å². The minimum absolute atomic E-state index is 0.00185. The lowest BCUT2D eigenvalue weighted by molar-refractivity contribution is -0.151. The van der Waals surface area contributed by atoms with Crippen molar-refractivity contribution in [3.05, 3.63) is 0 Å². The highest BCUT2D eigenvalue weighted by Gasteiger charge is 2.49. The van der Waals surface area contributed by atoms with E-state index in [1.165, 1.54) is 0 Å². The van der Waals surface area contributed by atoms with Gasteiger partial charge < -0.3 is 15.3 Å². The van der Waals surface area contributed by atoms with Gasteiger partial charge in [0.1, 0.15) is 0 Å². The SMILES string of the molecule is CC(C(=O)N1CCC(C(=O)O)(C(C)C)C1)C1CNC1. The predicted octanol–water partition coefficient (Wildman–Crippen LogP) is 0.801. The van der Waals surface area contributed by atoms with E-state index in [1.807, 2.05) is 20.8 Å². The molecule has 19 heavy (non-hydrogen) atoms. The van der Waals surface area contributed by atoms with Gasteiger partial charge in [-0.3, -0.25) is 9.59 Å². The Morgan fingerprint density at radius 2 is 1.95 bits per heavy atom. The zero-order valence-corrected chi connectivity index (χ0v) is 12.0. The Kier molecular flexibility index (Phi) is 3.85. The first kappa shape index (κ1) is 14.3. The molecule has 2 aliphatic rings. The molecule has 1 amide bonds. The van der Waals surface area contributed by atoms with E-state index in [2.05, 4.69) is 5.32 Å². The highest BCUT2D eigenvalue weighted by Crippen LogP contribution is 2.39. The largest absolute Gasteiger partial charge is 0.481 e. The molecule has 2 aliphatic heterocycles. The molecule has 0 bridgehead atoms. The fraction of sp³-hybridized carbons (Fsp3) is 0.857. The minimum atomic E-state index is -0.768. The number of carboxylic acids is 1. The summed E-state index contributed by atoms with van der Waals surface area (Å²) in [5.41, 5.74) is -0.757. The lowest BCUT2D eigenvalue weighted by Crippen LogP contribution is -2.50. The van der Waals surface area contributed by atoms with Crippen molar-refractivity contribution in [3.63, 3.8) is 0 Å². The van der Waals surface area contributed by atoms with Crippen LogP contribution in [0.2, 0.25) is 0 Å². The second-order valence-electron chi connectivity index (χ2n) is 6.33. The van der Waals surface area contributed by atoms with Gasteiger partial charge >= 0.3 is 5.97 Å². The number of nitrogens with one attached hydrogen (secondary N) is 1. The van der Waals surface area contributed by atoms with Gasteiger partial charge in [0.2, 0.25) is 5.91 Å². The summed E-state index contributed by atoms with van der Waals surface area (Å²) in [7, 11) is 0.